The molecule has 3 N–H and O–H groups in total. The fourth-order valence-corrected chi connectivity index (χ4v) is 1.53. The van der Waals surface area contributed by atoms with Gasteiger partial charge in [0.25, 0.3) is 5.91 Å². The summed E-state index contributed by atoms with van der Waals surface area (Å²) in [6.07, 6.45) is 2.90. The molecule has 6 heteroatoms. The van der Waals surface area contributed by atoms with Crippen molar-refractivity contribution in [3.8, 4) is 0 Å². The maximum atomic E-state index is 11.7. The molecular formula is C9H14N4O2. The summed E-state index contributed by atoms with van der Waals surface area (Å²) < 4.78 is 1.78. The molecule has 0 saturated carbocycles. The third-order valence-corrected chi connectivity index (χ3v) is 2.39. The molecule has 0 radical (unpaired) electrons. The summed E-state index contributed by atoms with van der Waals surface area (Å²) in [6.45, 7) is 1.99. The van der Waals surface area contributed by atoms with Crippen LogP contribution in [0.15, 0.2) is 12.5 Å². The zero-order chi connectivity index (χ0) is 10.8. The Bertz CT molecular complexity index is 357. The van der Waals surface area contributed by atoms with Crippen molar-refractivity contribution in [2.75, 3.05) is 19.6 Å². The van der Waals surface area contributed by atoms with Gasteiger partial charge >= 0.3 is 0 Å². The Morgan fingerprint density at radius 2 is 2.40 bits per heavy atom. The molecule has 15 heavy (non-hydrogen) atoms. The second kappa shape index (κ2) is 4.00. The van der Waals surface area contributed by atoms with Crippen LogP contribution in [0.3, 0.4) is 0 Å². The molecular weight excluding hydrogens is 196 g/mol. The van der Waals surface area contributed by atoms with E-state index < -0.39 is 0 Å². The first-order valence-electron chi connectivity index (χ1n) is 4.90. The van der Waals surface area contributed by atoms with Gasteiger partial charge in [0, 0.05) is 32.4 Å². The van der Waals surface area contributed by atoms with E-state index in [0.717, 1.165) is 0 Å². The highest BCUT2D eigenvalue weighted by molar-refractivity contribution is 5.92. The van der Waals surface area contributed by atoms with E-state index in [1.165, 1.54) is 0 Å². The second-order valence-corrected chi connectivity index (χ2v) is 3.65. The van der Waals surface area contributed by atoms with E-state index >= 15 is 0 Å². The monoisotopic (exact) mass is 210 g/mol. The number of likely N-dealkylation sites (tertiary alicyclic amines) is 1. The highest BCUT2D eigenvalue weighted by atomic mass is 16.3. The van der Waals surface area contributed by atoms with Crippen molar-refractivity contribution in [2.45, 2.75) is 12.6 Å². The summed E-state index contributed by atoms with van der Waals surface area (Å²) >= 11 is 0. The maximum Gasteiger partial charge on any atom is 0.274 e. The second-order valence-electron chi connectivity index (χ2n) is 3.65. The van der Waals surface area contributed by atoms with Gasteiger partial charge in [-0.1, -0.05) is 0 Å². The van der Waals surface area contributed by atoms with Crippen molar-refractivity contribution in [2.24, 2.45) is 5.73 Å². The fraction of sp³-hybridized carbons (Fsp3) is 0.556. The molecule has 82 valence electrons. The van der Waals surface area contributed by atoms with E-state index in [-0.39, 0.29) is 12.0 Å². The van der Waals surface area contributed by atoms with Gasteiger partial charge in [0.15, 0.2) is 0 Å². The number of amides is 1. The predicted molar refractivity (Wildman–Crippen MR) is 53.2 cm³/mol. The van der Waals surface area contributed by atoms with Gasteiger partial charge in [-0.3, -0.25) is 4.79 Å². The lowest BCUT2D eigenvalue weighted by Crippen LogP contribution is -2.53. The first-order valence-corrected chi connectivity index (χ1v) is 4.90. The largest absolute Gasteiger partial charge is 0.389 e. The number of hydrogen-bond donors (Lipinski definition) is 2. The Balaban J connectivity index is 1.99. The van der Waals surface area contributed by atoms with Crippen LogP contribution in [0.25, 0.3) is 0 Å². The van der Waals surface area contributed by atoms with Crippen molar-refractivity contribution < 1.29 is 9.90 Å². The summed E-state index contributed by atoms with van der Waals surface area (Å²) in [6, 6.07) is 0. The van der Waals surface area contributed by atoms with Crippen LogP contribution >= 0.6 is 0 Å². The standard InChI is InChI=1S/C9H14N4O2/c10-1-2-12-5-8(11-6-12)9(15)13-3-7(14)4-13/h5-7,14H,1-4,10H2. The van der Waals surface area contributed by atoms with E-state index in [4.69, 9.17) is 10.8 Å². The van der Waals surface area contributed by atoms with Crippen LogP contribution in [0, 0.1) is 0 Å². The van der Waals surface area contributed by atoms with Gasteiger partial charge in [0.2, 0.25) is 0 Å². The number of β-amino-alcohol motifs (C(OH)–C–C–N with tert-alkyl or cyclic N) is 1. The number of aliphatic hydroxyl groups excluding tert-OH is 1. The quantitative estimate of drug-likeness (QED) is 0.646. The molecule has 1 aromatic heterocycles. The summed E-state index contributed by atoms with van der Waals surface area (Å²) in [5, 5.41) is 9.07. The first kappa shape index (κ1) is 10.1. The lowest BCUT2D eigenvalue weighted by molar-refractivity contribution is 0.00553. The van der Waals surface area contributed by atoms with E-state index in [9.17, 15) is 4.79 Å². The molecule has 0 aromatic carbocycles. The zero-order valence-electron chi connectivity index (χ0n) is 8.33. The van der Waals surface area contributed by atoms with Crippen molar-refractivity contribution in [1.29, 1.82) is 0 Å². The molecule has 2 rings (SSSR count). The average Bonchev–Trinajstić information content (AvgIpc) is 2.61. The predicted octanol–water partition coefficient (Wildman–Crippen LogP) is -1.34. The summed E-state index contributed by atoms with van der Waals surface area (Å²) in [5.41, 5.74) is 5.80. The molecule has 1 fully saturated rings. The Kier molecular flexibility index (Phi) is 2.70. The number of rotatable bonds is 3. The summed E-state index contributed by atoms with van der Waals surface area (Å²) in [7, 11) is 0. The van der Waals surface area contributed by atoms with Crippen LogP contribution in [-0.2, 0) is 6.54 Å². The number of carbonyl (C=O) groups excluding carboxylic acids is 1. The van der Waals surface area contributed by atoms with Gasteiger partial charge in [0.1, 0.15) is 5.69 Å². The molecule has 1 saturated heterocycles. The van der Waals surface area contributed by atoms with Crippen molar-refractivity contribution in [1.82, 2.24) is 14.5 Å². The molecule has 2 heterocycles. The van der Waals surface area contributed by atoms with Crippen LogP contribution in [0.2, 0.25) is 0 Å². The molecule has 1 aliphatic rings. The first-order chi connectivity index (χ1) is 7.20. The van der Waals surface area contributed by atoms with Gasteiger partial charge in [0.05, 0.1) is 12.4 Å². The van der Waals surface area contributed by atoms with Crippen LogP contribution in [0.1, 0.15) is 10.5 Å². The number of nitrogens with two attached hydrogens (primary N) is 1. The normalized spacial score (nSPS) is 16.5. The Hall–Kier alpha value is -1.40. The van der Waals surface area contributed by atoms with Gasteiger partial charge in [-0.05, 0) is 0 Å². The third-order valence-electron chi connectivity index (χ3n) is 2.39. The minimum atomic E-state index is -0.375. The number of imidazole rings is 1. The molecule has 1 amide bonds. The van der Waals surface area contributed by atoms with Crippen LogP contribution < -0.4 is 5.73 Å². The number of carbonyl (C=O) groups is 1. The Labute approximate surface area is 87.3 Å². The van der Waals surface area contributed by atoms with E-state index in [0.29, 0.717) is 31.9 Å². The number of aliphatic hydroxyl groups is 1. The maximum absolute atomic E-state index is 11.7. The number of aromatic nitrogens is 2. The lowest BCUT2D eigenvalue weighted by atomic mass is 10.1. The smallest absolute Gasteiger partial charge is 0.274 e. The number of nitrogens with zero attached hydrogens (tertiary/aromatic N) is 3. The minimum absolute atomic E-state index is 0.129. The molecule has 6 nitrogen and oxygen atoms in total. The SMILES string of the molecule is NCCn1cnc(C(=O)N2CC(O)C2)c1. The molecule has 1 aliphatic heterocycles. The lowest BCUT2D eigenvalue weighted by Gasteiger charge is -2.35. The fourth-order valence-electron chi connectivity index (χ4n) is 1.53. The highest BCUT2D eigenvalue weighted by Crippen LogP contribution is 2.11. The summed E-state index contributed by atoms with van der Waals surface area (Å²) in [5.74, 6) is -0.129. The van der Waals surface area contributed by atoms with E-state index in [2.05, 4.69) is 4.98 Å². The van der Waals surface area contributed by atoms with Crippen LogP contribution in [0.5, 0.6) is 0 Å². The molecule has 0 unspecified atom stereocenters. The topological polar surface area (TPSA) is 84.4 Å². The Morgan fingerprint density at radius 1 is 1.67 bits per heavy atom. The molecule has 0 atom stereocenters. The van der Waals surface area contributed by atoms with E-state index in [1.807, 2.05) is 0 Å². The third kappa shape index (κ3) is 2.00. The highest BCUT2D eigenvalue weighted by Gasteiger charge is 2.30. The van der Waals surface area contributed by atoms with Crippen LogP contribution in [0.4, 0.5) is 0 Å². The molecule has 0 aliphatic carbocycles. The Morgan fingerprint density at radius 3 is 3.00 bits per heavy atom. The van der Waals surface area contributed by atoms with Crippen LogP contribution in [-0.4, -0.2) is 51.2 Å². The van der Waals surface area contributed by atoms with Crippen molar-refractivity contribution >= 4 is 5.91 Å². The minimum Gasteiger partial charge on any atom is -0.389 e. The molecule has 1 aromatic rings. The van der Waals surface area contributed by atoms with Gasteiger partial charge in [-0.2, -0.15) is 0 Å². The summed E-state index contributed by atoms with van der Waals surface area (Å²) in [4.78, 5) is 17.3. The average molecular weight is 210 g/mol. The van der Waals surface area contributed by atoms with Crippen molar-refractivity contribution in [3.63, 3.8) is 0 Å². The van der Waals surface area contributed by atoms with Gasteiger partial charge in [-0.25, -0.2) is 4.98 Å². The van der Waals surface area contributed by atoms with Gasteiger partial charge in [-0.15, -0.1) is 0 Å². The number of hydrogen-bond acceptors (Lipinski definition) is 4. The zero-order valence-corrected chi connectivity index (χ0v) is 8.33. The van der Waals surface area contributed by atoms with Crippen molar-refractivity contribution in [3.05, 3.63) is 18.2 Å². The van der Waals surface area contributed by atoms with E-state index in [1.54, 1.807) is 22.0 Å². The van der Waals surface area contributed by atoms with Gasteiger partial charge < -0.3 is 20.3 Å². The molecule has 0 bridgehead atoms. The molecule has 0 spiro atoms.